The number of aliphatic carboxylic acids is 1. The van der Waals surface area contributed by atoms with Gasteiger partial charge in [-0.05, 0) is 115 Å². The Labute approximate surface area is 221 Å². The Morgan fingerprint density at radius 3 is 2.59 bits per heavy atom. The van der Waals surface area contributed by atoms with Crippen LogP contribution in [0.3, 0.4) is 0 Å². The topological polar surface area (TPSA) is 65.0 Å². The van der Waals surface area contributed by atoms with Gasteiger partial charge in [-0.2, -0.15) is 0 Å². The Morgan fingerprint density at radius 1 is 1.00 bits per heavy atom. The van der Waals surface area contributed by atoms with E-state index < -0.39 is 5.97 Å². The zero-order chi connectivity index (χ0) is 25.8. The Morgan fingerprint density at radius 2 is 1.81 bits per heavy atom. The molecular weight excluding hydrogens is 464 g/mol. The maximum absolute atomic E-state index is 10.7. The van der Waals surface area contributed by atoms with E-state index in [4.69, 9.17) is 19.3 Å². The Hall–Kier alpha value is -2.53. The molecule has 5 nitrogen and oxygen atoms in total. The summed E-state index contributed by atoms with van der Waals surface area (Å²) in [5, 5.41) is 8.82. The van der Waals surface area contributed by atoms with E-state index in [2.05, 4.69) is 37.3 Å². The number of carboxylic acid groups (broad SMARTS) is 1. The predicted molar refractivity (Wildman–Crippen MR) is 144 cm³/mol. The average Bonchev–Trinajstić information content (AvgIpc) is 3.25. The number of hydrogen-bond donors (Lipinski definition) is 1. The molecule has 2 saturated carbocycles. The second kappa shape index (κ2) is 11.5. The maximum Gasteiger partial charge on any atom is 0.303 e. The van der Waals surface area contributed by atoms with Crippen molar-refractivity contribution in [2.24, 2.45) is 17.3 Å². The molecule has 2 fully saturated rings. The summed E-state index contributed by atoms with van der Waals surface area (Å²) in [5.74, 6) is 3.28. The second-order valence-electron chi connectivity index (χ2n) is 11.6. The van der Waals surface area contributed by atoms with Crippen LogP contribution in [0.5, 0.6) is 11.5 Å². The summed E-state index contributed by atoms with van der Waals surface area (Å²) in [6, 6.07) is 14.9. The van der Waals surface area contributed by atoms with Gasteiger partial charge in [0.1, 0.15) is 18.1 Å². The predicted octanol–water partition coefficient (Wildman–Crippen LogP) is 7.16. The molecule has 2 aromatic rings. The molecule has 0 amide bonds. The molecule has 5 rings (SSSR count). The lowest BCUT2D eigenvalue weighted by Gasteiger charge is -2.50. The molecule has 2 aromatic carbocycles. The van der Waals surface area contributed by atoms with Gasteiger partial charge < -0.3 is 19.3 Å². The van der Waals surface area contributed by atoms with Gasteiger partial charge in [0, 0.05) is 13.0 Å². The van der Waals surface area contributed by atoms with E-state index >= 15 is 0 Å². The zero-order valence-corrected chi connectivity index (χ0v) is 22.4. The molecule has 0 heterocycles. The number of aryl methyl sites for hydroxylation is 1. The van der Waals surface area contributed by atoms with E-state index in [1.807, 2.05) is 12.1 Å². The maximum atomic E-state index is 10.7. The molecule has 3 aliphatic rings. The molecule has 200 valence electrons. The van der Waals surface area contributed by atoms with Crippen molar-refractivity contribution in [3.8, 4) is 11.5 Å². The monoisotopic (exact) mass is 506 g/mol. The average molecular weight is 507 g/mol. The summed E-state index contributed by atoms with van der Waals surface area (Å²) in [7, 11) is 1.68. The van der Waals surface area contributed by atoms with Crippen LogP contribution in [0.25, 0.3) is 0 Å². The van der Waals surface area contributed by atoms with Gasteiger partial charge in [-0.25, -0.2) is 0 Å². The van der Waals surface area contributed by atoms with Crippen molar-refractivity contribution in [2.45, 2.75) is 89.8 Å². The highest BCUT2D eigenvalue weighted by molar-refractivity contribution is 5.66. The van der Waals surface area contributed by atoms with Crippen LogP contribution in [-0.2, 0) is 22.6 Å². The molecule has 0 saturated heterocycles. The van der Waals surface area contributed by atoms with Crippen LogP contribution in [0.1, 0.15) is 87.3 Å². The lowest BCUT2D eigenvalue weighted by Crippen LogP contribution is -2.44. The Kier molecular flexibility index (Phi) is 8.09. The van der Waals surface area contributed by atoms with Crippen LogP contribution in [0.4, 0.5) is 0 Å². The molecule has 3 aliphatic carbocycles. The standard InChI is InChI=1S/C32H42O5/c1-32-18-17-27-26-14-12-25(37-21-22-7-10-24(35-2)11-8-22)20-23(26)9-13-28(27)29(32)15-16-30(32)36-19-5-3-4-6-31(33)34/h7-8,10-12,14,20,27-30H,3-6,9,13,15-19,21H2,1-2H3,(H,33,34)/t27-,28-,29+,30+,32+/m1/s1. The highest BCUT2D eigenvalue weighted by atomic mass is 16.5. The third-order valence-electron chi connectivity index (χ3n) is 9.53. The minimum Gasteiger partial charge on any atom is -0.497 e. The normalized spacial score (nSPS) is 28.2. The highest BCUT2D eigenvalue weighted by Gasteiger charge is 2.55. The number of ether oxygens (including phenoxy) is 3. The van der Waals surface area contributed by atoms with Crippen LogP contribution in [-0.4, -0.2) is 30.9 Å². The van der Waals surface area contributed by atoms with E-state index in [0.717, 1.165) is 61.2 Å². The van der Waals surface area contributed by atoms with E-state index in [1.54, 1.807) is 12.7 Å². The van der Waals surface area contributed by atoms with Crippen molar-refractivity contribution in [1.29, 1.82) is 0 Å². The second-order valence-corrected chi connectivity index (χ2v) is 11.6. The number of methoxy groups -OCH3 is 1. The molecule has 0 spiro atoms. The third-order valence-corrected chi connectivity index (χ3v) is 9.53. The van der Waals surface area contributed by atoms with E-state index in [9.17, 15) is 4.79 Å². The largest absolute Gasteiger partial charge is 0.497 e. The smallest absolute Gasteiger partial charge is 0.303 e. The number of unbranched alkanes of at least 4 members (excludes halogenated alkanes) is 2. The minimum atomic E-state index is -0.699. The first-order chi connectivity index (χ1) is 18.0. The van der Waals surface area contributed by atoms with Gasteiger partial charge in [0.05, 0.1) is 13.2 Å². The van der Waals surface area contributed by atoms with Crippen LogP contribution in [0.15, 0.2) is 42.5 Å². The van der Waals surface area contributed by atoms with Crippen molar-refractivity contribution in [3.05, 3.63) is 59.2 Å². The number of carboxylic acids is 1. The van der Waals surface area contributed by atoms with Gasteiger partial charge in [-0.1, -0.05) is 31.5 Å². The highest BCUT2D eigenvalue weighted by Crippen LogP contribution is 2.61. The molecular formula is C32H42O5. The zero-order valence-electron chi connectivity index (χ0n) is 22.4. The SMILES string of the molecule is COc1ccc(COc2ccc3c(c2)CC[C@@H]2[C@@H]3CC[C@]3(C)[C@@H](OCCCCCC(=O)O)CC[C@@H]23)cc1. The van der Waals surface area contributed by atoms with Crippen LogP contribution in [0, 0.1) is 17.3 Å². The summed E-state index contributed by atoms with van der Waals surface area (Å²) >= 11 is 0. The first-order valence-corrected chi connectivity index (χ1v) is 14.2. The van der Waals surface area contributed by atoms with Crippen molar-refractivity contribution < 1.29 is 24.1 Å². The lowest BCUT2D eigenvalue weighted by molar-refractivity contribution is -0.137. The van der Waals surface area contributed by atoms with Gasteiger partial charge in [0.25, 0.3) is 0 Å². The molecule has 0 aliphatic heterocycles. The number of benzene rings is 2. The van der Waals surface area contributed by atoms with Gasteiger partial charge in [-0.15, -0.1) is 0 Å². The van der Waals surface area contributed by atoms with E-state index in [0.29, 0.717) is 18.6 Å². The molecule has 0 aromatic heterocycles. The number of hydrogen-bond acceptors (Lipinski definition) is 4. The molecule has 0 unspecified atom stereocenters. The summed E-state index contributed by atoms with van der Waals surface area (Å²) in [6.07, 6.45) is 10.6. The molecule has 5 heteroatoms. The lowest BCUT2D eigenvalue weighted by atomic mass is 9.55. The Bertz CT molecular complexity index is 1060. The van der Waals surface area contributed by atoms with Crippen LogP contribution >= 0.6 is 0 Å². The Balaban J connectivity index is 1.17. The van der Waals surface area contributed by atoms with E-state index in [-0.39, 0.29) is 11.8 Å². The van der Waals surface area contributed by atoms with Gasteiger partial charge in [0.2, 0.25) is 0 Å². The molecule has 5 atom stereocenters. The first kappa shape index (κ1) is 26.1. The van der Waals surface area contributed by atoms with Gasteiger partial charge in [0.15, 0.2) is 0 Å². The minimum absolute atomic E-state index is 0.268. The molecule has 0 bridgehead atoms. The fraction of sp³-hybridized carbons (Fsp3) is 0.594. The van der Waals surface area contributed by atoms with Crippen molar-refractivity contribution in [1.82, 2.24) is 0 Å². The van der Waals surface area contributed by atoms with Crippen molar-refractivity contribution in [3.63, 3.8) is 0 Å². The van der Waals surface area contributed by atoms with E-state index in [1.165, 1.54) is 37.7 Å². The van der Waals surface area contributed by atoms with Crippen molar-refractivity contribution in [2.75, 3.05) is 13.7 Å². The summed E-state index contributed by atoms with van der Waals surface area (Å²) in [6.45, 7) is 3.82. The summed E-state index contributed by atoms with van der Waals surface area (Å²) < 4.78 is 17.9. The van der Waals surface area contributed by atoms with Crippen molar-refractivity contribution >= 4 is 5.97 Å². The fourth-order valence-corrected chi connectivity index (χ4v) is 7.54. The molecule has 37 heavy (non-hydrogen) atoms. The third kappa shape index (κ3) is 5.67. The van der Waals surface area contributed by atoms with Crippen LogP contribution < -0.4 is 9.47 Å². The molecule has 0 radical (unpaired) electrons. The van der Waals surface area contributed by atoms with Gasteiger partial charge >= 0.3 is 5.97 Å². The molecule has 1 N–H and O–H groups in total. The fourth-order valence-electron chi connectivity index (χ4n) is 7.54. The van der Waals surface area contributed by atoms with Crippen LogP contribution in [0.2, 0.25) is 0 Å². The summed E-state index contributed by atoms with van der Waals surface area (Å²) in [5.41, 5.74) is 4.45. The number of carbonyl (C=O) groups is 1. The summed E-state index contributed by atoms with van der Waals surface area (Å²) in [4.78, 5) is 10.7. The number of rotatable bonds is 11. The number of fused-ring (bicyclic) bond motifs is 5. The first-order valence-electron chi connectivity index (χ1n) is 14.2. The van der Waals surface area contributed by atoms with Gasteiger partial charge in [-0.3, -0.25) is 4.79 Å². The quantitative estimate of drug-likeness (QED) is 0.328.